The lowest BCUT2D eigenvalue weighted by molar-refractivity contribution is -0.122. The van der Waals surface area contributed by atoms with Crippen molar-refractivity contribution in [1.29, 1.82) is 0 Å². The summed E-state index contributed by atoms with van der Waals surface area (Å²) < 4.78 is 0. The molecule has 3 aromatic rings. The predicted octanol–water partition coefficient (Wildman–Crippen LogP) is 3.36. The molecule has 27 heavy (non-hydrogen) atoms. The van der Waals surface area contributed by atoms with Crippen LogP contribution >= 0.6 is 11.3 Å². The number of amides is 1. The quantitative estimate of drug-likeness (QED) is 0.690. The Morgan fingerprint density at radius 2 is 2.07 bits per heavy atom. The Morgan fingerprint density at radius 1 is 1.19 bits per heavy atom. The first-order valence-electron chi connectivity index (χ1n) is 9.23. The van der Waals surface area contributed by atoms with Gasteiger partial charge in [-0.15, -0.1) is 11.3 Å². The van der Waals surface area contributed by atoms with Gasteiger partial charge >= 0.3 is 0 Å². The van der Waals surface area contributed by atoms with Gasteiger partial charge in [0, 0.05) is 42.3 Å². The van der Waals surface area contributed by atoms with Gasteiger partial charge in [0.15, 0.2) is 0 Å². The Labute approximate surface area is 162 Å². The topological polar surface area (TPSA) is 66.9 Å². The molecule has 2 N–H and O–H groups in total. The van der Waals surface area contributed by atoms with Crippen LogP contribution in [-0.4, -0.2) is 28.5 Å². The Hall–Kier alpha value is -2.57. The number of carbonyl (C=O) groups is 1. The van der Waals surface area contributed by atoms with Crippen molar-refractivity contribution in [1.82, 2.24) is 20.6 Å². The number of pyridine rings is 1. The number of carbonyl (C=O) groups excluding carboxylic acids is 1. The zero-order chi connectivity index (χ0) is 18.5. The van der Waals surface area contributed by atoms with E-state index in [0.717, 1.165) is 35.5 Å². The summed E-state index contributed by atoms with van der Waals surface area (Å²) >= 11 is 1.61. The summed E-state index contributed by atoms with van der Waals surface area (Å²) in [4.78, 5) is 21.2. The molecule has 1 aromatic carbocycles. The predicted molar refractivity (Wildman–Crippen MR) is 107 cm³/mol. The molecule has 0 saturated carbocycles. The maximum absolute atomic E-state index is 12.4. The summed E-state index contributed by atoms with van der Waals surface area (Å²) in [7, 11) is 0. The van der Waals surface area contributed by atoms with Gasteiger partial charge in [-0.1, -0.05) is 30.3 Å². The standard InChI is InChI=1S/C21H22N4OS/c26-20(19-9-8-18(25-19)15-5-2-1-3-6-15)23-12-10-17-14-27-21(24-17)16-7-4-11-22-13-16/h1-7,11,13-14,18-19,25H,8-10,12H2,(H,23,26)/t18-,19-/m1/s1. The van der Waals surface area contributed by atoms with Crippen molar-refractivity contribution >= 4 is 17.2 Å². The van der Waals surface area contributed by atoms with Crippen LogP contribution in [0.25, 0.3) is 10.6 Å². The number of nitrogens with one attached hydrogen (secondary N) is 2. The number of aromatic nitrogens is 2. The van der Waals surface area contributed by atoms with E-state index < -0.39 is 0 Å². The lowest BCUT2D eigenvalue weighted by atomic mass is 10.1. The van der Waals surface area contributed by atoms with Crippen molar-refractivity contribution in [3.8, 4) is 10.6 Å². The fraction of sp³-hybridized carbons (Fsp3) is 0.286. The minimum atomic E-state index is -0.114. The van der Waals surface area contributed by atoms with Gasteiger partial charge in [0.05, 0.1) is 11.7 Å². The third kappa shape index (κ3) is 4.40. The van der Waals surface area contributed by atoms with Gasteiger partial charge < -0.3 is 5.32 Å². The summed E-state index contributed by atoms with van der Waals surface area (Å²) in [5.74, 6) is 0.0798. The van der Waals surface area contributed by atoms with Crippen LogP contribution in [0, 0.1) is 0 Å². The van der Waals surface area contributed by atoms with Crippen LogP contribution in [0.15, 0.2) is 60.2 Å². The molecule has 0 aliphatic carbocycles. The summed E-state index contributed by atoms with van der Waals surface area (Å²) in [5, 5.41) is 9.51. The molecular formula is C21H22N4OS. The van der Waals surface area contributed by atoms with E-state index in [-0.39, 0.29) is 18.0 Å². The van der Waals surface area contributed by atoms with Crippen LogP contribution < -0.4 is 10.6 Å². The molecule has 3 heterocycles. The van der Waals surface area contributed by atoms with Gasteiger partial charge in [-0.05, 0) is 30.5 Å². The second-order valence-corrected chi connectivity index (χ2v) is 7.54. The Balaban J connectivity index is 1.25. The van der Waals surface area contributed by atoms with E-state index in [1.54, 1.807) is 17.5 Å². The number of thiazole rings is 1. The van der Waals surface area contributed by atoms with Crippen LogP contribution in [0.4, 0.5) is 0 Å². The van der Waals surface area contributed by atoms with Gasteiger partial charge in [-0.3, -0.25) is 15.1 Å². The smallest absolute Gasteiger partial charge is 0.237 e. The average Bonchev–Trinajstić information content (AvgIpc) is 3.39. The minimum absolute atomic E-state index is 0.0798. The van der Waals surface area contributed by atoms with E-state index in [1.807, 2.05) is 41.9 Å². The van der Waals surface area contributed by atoms with E-state index in [2.05, 4.69) is 32.7 Å². The van der Waals surface area contributed by atoms with E-state index in [0.29, 0.717) is 6.54 Å². The number of benzene rings is 1. The first-order chi connectivity index (χ1) is 13.3. The fourth-order valence-corrected chi connectivity index (χ4v) is 4.22. The second-order valence-electron chi connectivity index (χ2n) is 6.69. The number of hydrogen-bond donors (Lipinski definition) is 2. The Bertz CT molecular complexity index is 881. The summed E-state index contributed by atoms with van der Waals surface area (Å²) in [5.41, 5.74) is 3.28. The molecule has 0 unspecified atom stereocenters. The molecule has 1 aliphatic rings. The Kier molecular flexibility index (Phi) is 5.55. The zero-order valence-corrected chi connectivity index (χ0v) is 15.8. The highest BCUT2D eigenvalue weighted by molar-refractivity contribution is 7.13. The van der Waals surface area contributed by atoms with Crippen molar-refractivity contribution < 1.29 is 4.79 Å². The highest BCUT2D eigenvalue weighted by Gasteiger charge is 2.29. The minimum Gasteiger partial charge on any atom is -0.354 e. The molecule has 6 heteroatoms. The van der Waals surface area contributed by atoms with Gasteiger partial charge in [0.25, 0.3) is 0 Å². The molecule has 1 saturated heterocycles. The second kappa shape index (κ2) is 8.41. The van der Waals surface area contributed by atoms with Crippen molar-refractivity contribution in [3.05, 3.63) is 71.5 Å². The first kappa shape index (κ1) is 17.8. The molecule has 0 bridgehead atoms. The van der Waals surface area contributed by atoms with Crippen LogP contribution in [0.3, 0.4) is 0 Å². The molecule has 0 radical (unpaired) electrons. The van der Waals surface area contributed by atoms with Crippen LogP contribution in [0.2, 0.25) is 0 Å². The normalized spacial score (nSPS) is 19.1. The van der Waals surface area contributed by atoms with Crippen LogP contribution in [-0.2, 0) is 11.2 Å². The summed E-state index contributed by atoms with van der Waals surface area (Å²) in [6, 6.07) is 14.4. The zero-order valence-electron chi connectivity index (χ0n) is 15.0. The van der Waals surface area contributed by atoms with Crippen molar-refractivity contribution in [2.24, 2.45) is 0 Å². The highest BCUT2D eigenvalue weighted by atomic mass is 32.1. The number of nitrogens with zero attached hydrogens (tertiary/aromatic N) is 2. The lowest BCUT2D eigenvalue weighted by Gasteiger charge is -2.14. The van der Waals surface area contributed by atoms with Gasteiger partial charge in [-0.2, -0.15) is 0 Å². The van der Waals surface area contributed by atoms with Crippen LogP contribution in [0.1, 0.15) is 30.1 Å². The molecule has 1 aliphatic heterocycles. The lowest BCUT2D eigenvalue weighted by Crippen LogP contribution is -2.41. The SMILES string of the molecule is O=C(NCCc1csc(-c2cccnc2)n1)[C@H]1CC[C@H](c2ccccc2)N1. The summed E-state index contributed by atoms with van der Waals surface area (Å²) in [6.45, 7) is 0.600. The largest absolute Gasteiger partial charge is 0.354 e. The molecule has 2 atom stereocenters. The molecule has 1 amide bonds. The number of hydrogen-bond acceptors (Lipinski definition) is 5. The van der Waals surface area contributed by atoms with Crippen LogP contribution in [0.5, 0.6) is 0 Å². The van der Waals surface area contributed by atoms with E-state index in [4.69, 9.17) is 0 Å². The molecule has 0 spiro atoms. The molecule has 1 fully saturated rings. The maximum Gasteiger partial charge on any atom is 0.237 e. The van der Waals surface area contributed by atoms with E-state index >= 15 is 0 Å². The third-order valence-corrected chi connectivity index (χ3v) is 5.75. The first-order valence-corrected chi connectivity index (χ1v) is 10.1. The average molecular weight is 379 g/mol. The molecule has 5 nitrogen and oxygen atoms in total. The van der Waals surface area contributed by atoms with Gasteiger partial charge in [-0.25, -0.2) is 4.98 Å². The van der Waals surface area contributed by atoms with E-state index in [9.17, 15) is 4.79 Å². The molecule has 138 valence electrons. The van der Waals surface area contributed by atoms with Gasteiger partial charge in [0.1, 0.15) is 5.01 Å². The van der Waals surface area contributed by atoms with Crippen molar-refractivity contribution in [2.75, 3.05) is 6.54 Å². The van der Waals surface area contributed by atoms with E-state index in [1.165, 1.54) is 5.56 Å². The Morgan fingerprint density at radius 3 is 2.89 bits per heavy atom. The molecular weight excluding hydrogens is 356 g/mol. The third-order valence-electron chi connectivity index (χ3n) is 4.81. The summed E-state index contributed by atoms with van der Waals surface area (Å²) in [6.07, 6.45) is 6.17. The van der Waals surface area contributed by atoms with Crippen molar-refractivity contribution in [2.45, 2.75) is 31.3 Å². The van der Waals surface area contributed by atoms with Gasteiger partial charge in [0.2, 0.25) is 5.91 Å². The monoisotopic (exact) mass is 378 g/mol. The highest BCUT2D eigenvalue weighted by Crippen LogP contribution is 2.26. The van der Waals surface area contributed by atoms with Crippen molar-refractivity contribution in [3.63, 3.8) is 0 Å². The molecule has 2 aromatic heterocycles. The number of rotatable bonds is 6. The molecule has 4 rings (SSSR count). The fourth-order valence-electron chi connectivity index (χ4n) is 3.38. The maximum atomic E-state index is 12.4.